The number of thioether (sulfide) groups is 2. The van der Waals surface area contributed by atoms with Crippen LogP contribution in [0.25, 0.3) is 22.5 Å². The molecule has 0 radical (unpaired) electrons. The number of halogens is 1. The van der Waals surface area contributed by atoms with Gasteiger partial charge in [0.15, 0.2) is 10.3 Å². The minimum absolute atomic E-state index is 0.107. The lowest BCUT2D eigenvalue weighted by molar-refractivity contribution is 0.943. The van der Waals surface area contributed by atoms with Crippen LogP contribution in [0, 0.1) is 0 Å². The van der Waals surface area contributed by atoms with Gasteiger partial charge in [0.1, 0.15) is 5.15 Å². The number of nitrogens with zero attached hydrogens (tertiary/aromatic N) is 3. The van der Waals surface area contributed by atoms with Crippen LogP contribution in [-0.2, 0) is 0 Å². The van der Waals surface area contributed by atoms with E-state index >= 15 is 0 Å². The summed E-state index contributed by atoms with van der Waals surface area (Å²) < 4.78 is 0. The number of benzene rings is 2. The number of hydrogen-bond donors (Lipinski definition) is 1. The van der Waals surface area contributed by atoms with Crippen LogP contribution in [0.4, 0.5) is 0 Å². The zero-order valence-electron chi connectivity index (χ0n) is 17.8. The largest absolute Gasteiger partial charge is 0.301 e. The van der Waals surface area contributed by atoms with Crippen LogP contribution in [-0.4, -0.2) is 31.4 Å². The van der Waals surface area contributed by atoms with Crippen LogP contribution in [0.3, 0.4) is 0 Å². The second-order valence-corrected chi connectivity index (χ2v) is 9.26. The van der Waals surface area contributed by atoms with Gasteiger partial charge in [0.2, 0.25) is 0 Å². The minimum atomic E-state index is -0.107. The highest BCUT2D eigenvalue weighted by Gasteiger charge is 2.05. The quantitative estimate of drug-likeness (QED) is 0.193. The summed E-state index contributed by atoms with van der Waals surface area (Å²) in [6.45, 7) is 4.09. The molecule has 5 nitrogen and oxygen atoms in total. The molecule has 164 valence electrons. The minimum Gasteiger partial charge on any atom is -0.301 e. The third-order valence-corrected chi connectivity index (χ3v) is 5.77. The van der Waals surface area contributed by atoms with Gasteiger partial charge < -0.3 is 4.98 Å². The molecule has 0 saturated carbocycles. The second-order valence-electron chi connectivity index (χ2n) is 6.39. The summed E-state index contributed by atoms with van der Waals surface area (Å²) in [4.78, 5) is 27.2. The molecule has 0 bridgehead atoms. The fourth-order valence-electron chi connectivity index (χ4n) is 2.74. The van der Waals surface area contributed by atoms with Crippen LogP contribution in [0.15, 0.2) is 87.9 Å². The maximum Gasteiger partial charge on any atom is 0.252 e. The zero-order chi connectivity index (χ0) is 22.8. The smallest absolute Gasteiger partial charge is 0.252 e. The van der Waals surface area contributed by atoms with Gasteiger partial charge in [0, 0.05) is 23.3 Å². The summed E-state index contributed by atoms with van der Waals surface area (Å²) in [6, 6.07) is 23.0. The normalized spacial score (nSPS) is 10.3. The van der Waals surface area contributed by atoms with Gasteiger partial charge in [-0.05, 0) is 11.5 Å². The van der Waals surface area contributed by atoms with E-state index < -0.39 is 0 Å². The highest BCUT2D eigenvalue weighted by Crippen LogP contribution is 2.23. The molecular weight excluding hydrogens is 460 g/mol. The number of hydrogen-bond acceptors (Lipinski definition) is 6. The van der Waals surface area contributed by atoms with E-state index in [1.165, 1.54) is 17.8 Å². The predicted octanol–water partition coefficient (Wildman–Crippen LogP) is 6.46. The topological polar surface area (TPSA) is 71.5 Å². The molecular formula is C24H23ClN4OS2. The van der Waals surface area contributed by atoms with Crippen molar-refractivity contribution in [3.05, 3.63) is 88.3 Å². The molecule has 1 N–H and O–H groups in total. The Bertz CT molecular complexity index is 1190. The molecule has 8 heteroatoms. The molecule has 4 aromatic rings. The van der Waals surface area contributed by atoms with E-state index in [1.807, 2.05) is 67.6 Å². The molecule has 2 heterocycles. The Labute approximate surface area is 201 Å². The molecule has 32 heavy (non-hydrogen) atoms. The van der Waals surface area contributed by atoms with Crippen molar-refractivity contribution in [2.75, 3.05) is 11.5 Å². The van der Waals surface area contributed by atoms with Gasteiger partial charge in [0.05, 0.1) is 11.4 Å². The third-order valence-electron chi connectivity index (χ3n) is 4.09. The summed E-state index contributed by atoms with van der Waals surface area (Å²) in [7, 11) is 0. The van der Waals surface area contributed by atoms with Crippen molar-refractivity contribution < 1.29 is 0 Å². The monoisotopic (exact) mass is 482 g/mol. The number of H-pyrrole nitrogens is 1. The van der Waals surface area contributed by atoms with Crippen LogP contribution in [0.1, 0.15) is 13.8 Å². The van der Waals surface area contributed by atoms with E-state index in [4.69, 9.17) is 11.6 Å². The van der Waals surface area contributed by atoms with Crippen LogP contribution >= 0.6 is 35.1 Å². The molecule has 0 saturated heterocycles. The average molecular weight is 483 g/mol. The van der Waals surface area contributed by atoms with E-state index in [0.29, 0.717) is 10.3 Å². The molecule has 0 unspecified atom stereocenters. The average Bonchev–Trinajstić information content (AvgIpc) is 2.80. The van der Waals surface area contributed by atoms with Gasteiger partial charge in [0.25, 0.3) is 5.56 Å². The van der Waals surface area contributed by atoms with Gasteiger partial charge >= 0.3 is 0 Å². The lowest BCUT2D eigenvalue weighted by Crippen LogP contribution is -2.08. The SMILES string of the molecule is CCSc1nc(-c2ccccc2)cc(=O)[nH]1.CCSc1nc(Cl)cc(-c2ccccc2)n1. The molecule has 0 spiro atoms. The molecule has 0 atom stereocenters. The zero-order valence-corrected chi connectivity index (χ0v) is 20.2. The van der Waals surface area contributed by atoms with Crippen molar-refractivity contribution in [2.24, 2.45) is 0 Å². The van der Waals surface area contributed by atoms with Crippen molar-refractivity contribution in [1.82, 2.24) is 19.9 Å². The highest BCUT2D eigenvalue weighted by molar-refractivity contribution is 7.99. The molecule has 4 rings (SSSR count). The summed E-state index contributed by atoms with van der Waals surface area (Å²) >= 11 is 9.09. The van der Waals surface area contributed by atoms with E-state index in [2.05, 4.69) is 26.9 Å². The first-order valence-corrected chi connectivity index (χ1v) is 12.5. The first-order valence-electron chi connectivity index (χ1n) is 10.1. The number of rotatable bonds is 6. The summed E-state index contributed by atoms with van der Waals surface area (Å²) in [6.07, 6.45) is 0. The molecule has 0 aliphatic rings. The van der Waals surface area contributed by atoms with Crippen molar-refractivity contribution in [3.63, 3.8) is 0 Å². The number of aromatic nitrogens is 4. The Morgan fingerprint density at radius 1 is 0.781 bits per heavy atom. The third kappa shape index (κ3) is 7.22. The lowest BCUT2D eigenvalue weighted by Gasteiger charge is -2.03. The second kappa shape index (κ2) is 12.4. The molecule has 0 aliphatic heterocycles. The van der Waals surface area contributed by atoms with Gasteiger partial charge in [-0.15, -0.1) is 0 Å². The summed E-state index contributed by atoms with van der Waals surface area (Å²) in [5, 5.41) is 1.90. The van der Waals surface area contributed by atoms with E-state index in [1.54, 1.807) is 17.8 Å². The van der Waals surface area contributed by atoms with E-state index in [0.717, 1.165) is 39.2 Å². The van der Waals surface area contributed by atoms with E-state index in [-0.39, 0.29) is 5.56 Å². The summed E-state index contributed by atoms with van der Waals surface area (Å²) in [5.74, 6) is 1.83. The Balaban J connectivity index is 0.000000181. The highest BCUT2D eigenvalue weighted by atomic mass is 35.5. The van der Waals surface area contributed by atoms with Gasteiger partial charge in [-0.1, -0.05) is 110 Å². The van der Waals surface area contributed by atoms with Gasteiger partial charge in [-0.25, -0.2) is 15.0 Å². The molecule has 2 aromatic carbocycles. The van der Waals surface area contributed by atoms with Crippen LogP contribution in [0.2, 0.25) is 5.15 Å². The first-order chi connectivity index (χ1) is 15.6. The van der Waals surface area contributed by atoms with Crippen molar-refractivity contribution in [1.29, 1.82) is 0 Å². The standard InChI is InChI=1S/C12H11ClN2S.C12H12N2OS/c1-2-16-12-14-10(8-11(13)15-12)9-6-4-3-5-7-9;1-2-16-12-13-10(8-11(15)14-12)9-6-4-3-5-7-9/h3-8H,2H2,1H3;3-8H,2H2,1H3,(H,13,14,15). The van der Waals surface area contributed by atoms with E-state index in [9.17, 15) is 4.79 Å². The maximum atomic E-state index is 11.5. The van der Waals surface area contributed by atoms with Crippen molar-refractivity contribution in [3.8, 4) is 22.5 Å². The fraction of sp³-hybridized carbons (Fsp3) is 0.167. The summed E-state index contributed by atoms with van der Waals surface area (Å²) in [5.41, 5.74) is 3.51. The van der Waals surface area contributed by atoms with Crippen molar-refractivity contribution >= 4 is 35.1 Å². The first kappa shape index (κ1) is 24.0. The Hall–Kier alpha value is -2.61. The predicted molar refractivity (Wildman–Crippen MR) is 136 cm³/mol. The Kier molecular flexibility index (Phi) is 9.34. The van der Waals surface area contributed by atoms with Crippen LogP contribution < -0.4 is 5.56 Å². The fourth-order valence-corrected chi connectivity index (χ4v) is 4.17. The number of nitrogens with one attached hydrogen (secondary N) is 1. The molecule has 2 aromatic heterocycles. The Morgan fingerprint density at radius 2 is 1.34 bits per heavy atom. The van der Waals surface area contributed by atoms with Gasteiger partial charge in [-0.3, -0.25) is 4.79 Å². The maximum absolute atomic E-state index is 11.5. The number of aromatic amines is 1. The molecule has 0 aliphatic carbocycles. The lowest BCUT2D eigenvalue weighted by atomic mass is 10.1. The Morgan fingerprint density at radius 3 is 1.91 bits per heavy atom. The van der Waals surface area contributed by atoms with Gasteiger partial charge in [-0.2, -0.15) is 0 Å². The molecule has 0 fully saturated rings. The van der Waals surface area contributed by atoms with Crippen LogP contribution in [0.5, 0.6) is 0 Å². The van der Waals surface area contributed by atoms with Crippen molar-refractivity contribution in [2.45, 2.75) is 24.2 Å². The molecule has 0 amide bonds.